The largest absolute Gasteiger partial charge is 0.488 e. The summed E-state index contributed by atoms with van der Waals surface area (Å²) in [6.07, 6.45) is 1.82. The number of fused-ring (bicyclic) bond motifs is 1. The van der Waals surface area contributed by atoms with Crippen molar-refractivity contribution in [2.75, 3.05) is 0 Å². The lowest BCUT2D eigenvalue weighted by molar-refractivity contribution is 0.300. The Kier molecular flexibility index (Phi) is 5.16. The lowest BCUT2D eigenvalue weighted by atomic mass is 10.0. The quantitative estimate of drug-likeness (QED) is 0.362. The van der Waals surface area contributed by atoms with Gasteiger partial charge in [0, 0.05) is 17.3 Å². The Labute approximate surface area is 163 Å². The molecule has 4 aromatic rings. The normalized spacial score (nSPS) is 11.2. The standard InChI is InChI=1S/C25H20FNO/c1-18-10-13-21(14-11-18)27-16-23-22-8-4-2-6-19(22)12-15-25(23)28-17-20-7-3-5-9-24(20)26/h2-16H,17H2,1H3. The van der Waals surface area contributed by atoms with Crippen LogP contribution in [0.5, 0.6) is 5.75 Å². The summed E-state index contributed by atoms with van der Waals surface area (Å²) in [4.78, 5) is 4.62. The molecule has 0 amide bonds. The lowest BCUT2D eigenvalue weighted by Crippen LogP contribution is -2.01. The Morgan fingerprint density at radius 1 is 0.857 bits per heavy atom. The minimum atomic E-state index is -0.266. The number of nitrogens with zero attached hydrogens (tertiary/aromatic N) is 1. The molecule has 0 aromatic heterocycles. The van der Waals surface area contributed by atoms with Crippen molar-refractivity contribution in [2.45, 2.75) is 13.5 Å². The minimum Gasteiger partial charge on any atom is -0.488 e. The maximum absolute atomic E-state index is 13.9. The molecule has 0 spiro atoms. The Morgan fingerprint density at radius 2 is 1.61 bits per heavy atom. The van der Waals surface area contributed by atoms with Crippen LogP contribution in [0.15, 0.2) is 89.9 Å². The number of hydrogen-bond donors (Lipinski definition) is 0. The second-order valence-corrected chi connectivity index (χ2v) is 6.67. The van der Waals surface area contributed by atoms with Crippen molar-refractivity contribution >= 4 is 22.7 Å². The van der Waals surface area contributed by atoms with E-state index in [2.05, 4.69) is 11.1 Å². The van der Waals surface area contributed by atoms with E-state index in [1.54, 1.807) is 12.1 Å². The summed E-state index contributed by atoms with van der Waals surface area (Å²) in [7, 11) is 0. The topological polar surface area (TPSA) is 21.6 Å². The molecule has 0 fully saturated rings. The number of aliphatic imine (C=N–C) groups is 1. The molecule has 4 aromatic carbocycles. The van der Waals surface area contributed by atoms with Crippen molar-refractivity contribution in [1.29, 1.82) is 0 Å². The molecule has 0 aliphatic rings. The first-order valence-corrected chi connectivity index (χ1v) is 9.19. The number of benzene rings is 4. The van der Waals surface area contributed by atoms with E-state index in [4.69, 9.17) is 4.74 Å². The molecule has 0 unspecified atom stereocenters. The highest BCUT2D eigenvalue weighted by molar-refractivity contribution is 6.03. The number of halogens is 1. The summed E-state index contributed by atoms with van der Waals surface area (Å²) in [5.74, 6) is 0.413. The van der Waals surface area contributed by atoms with E-state index >= 15 is 0 Å². The second kappa shape index (κ2) is 8.05. The number of rotatable bonds is 5. The molecule has 0 aliphatic carbocycles. The van der Waals surface area contributed by atoms with Gasteiger partial charge in [-0.25, -0.2) is 4.39 Å². The molecule has 0 bridgehead atoms. The fourth-order valence-corrected chi connectivity index (χ4v) is 3.08. The fraction of sp³-hybridized carbons (Fsp3) is 0.0800. The predicted molar refractivity (Wildman–Crippen MR) is 113 cm³/mol. The van der Waals surface area contributed by atoms with Gasteiger partial charge >= 0.3 is 0 Å². The van der Waals surface area contributed by atoms with Gasteiger partial charge in [0.25, 0.3) is 0 Å². The van der Waals surface area contributed by atoms with Crippen molar-refractivity contribution in [3.8, 4) is 5.75 Å². The average molecular weight is 369 g/mol. The van der Waals surface area contributed by atoms with Crippen molar-refractivity contribution in [3.63, 3.8) is 0 Å². The van der Waals surface area contributed by atoms with Gasteiger partial charge in [0.15, 0.2) is 0 Å². The first-order valence-electron chi connectivity index (χ1n) is 9.19. The van der Waals surface area contributed by atoms with Gasteiger partial charge in [0.1, 0.15) is 18.2 Å². The van der Waals surface area contributed by atoms with Crippen molar-refractivity contribution in [2.24, 2.45) is 4.99 Å². The van der Waals surface area contributed by atoms with E-state index in [1.807, 2.05) is 73.8 Å². The van der Waals surface area contributed by atoms with Crippen LogP contribution in [-0.4, -0.2) is 6.21 Å². The molecule has 0 radical (unpaired) electrons. The molecule has 0 saturated carbocycles. The lowest BCUT2D eigenvalue weighted by Gasteiger charge is -2.12. The molecule has 28 heavy (non-hydrogen) atoms. The number of hydrogen-bond acceptors (Lipinski definition) is 2. The summed E-state index contributed by atoms with van der Waals surface area (Å²) >= 11 is 0. The summed E-state index contributed by atoms with van der Waals surface area (Å²) in [6.45, 7) is 2.21. The van der Waals surface area contributed by atoms with E-state index in [-0.39, 0.29) is 12.4 Å². The Morgan fingerprint density at radius 3 is 2.43 bits per heavy atom. The zero-order chi connectivity index (χ0) is 19.3. The van der Waals surface area contributed by atoms with Gasteiger partial charge in [-0.3, -0.25) is 4.99 Å². The van der Waals surface area contributed by atoms with Gasteiger partial charge < -0.3 is 4.74 Å². The highest BCUT2D eigenvalue weighted by atomic mass is 19.1. The SMILES string of the molecule is Cc1ccc(N=Cc2c(OCc3ccccc3F)ccc3ccccc23)cc1. The van der Waals surface area contributed by atoms with Crippen LogP contribution in [0, 0.1) is 12.7 Å². The molecule has 0 aliphatic heterocycles. The number of aryl methyl sites for hydroxylation is 1. The molecule has 138 valence electrons. The van der Waals surface area contributed by atoms with Crippen LogP contribution in [0.25, 0.3) is 10.8 Å². The molecule has 0 saturated heterocycles. The van der Waals surface area contributed by atoms with Crippen LogP contribution in [0.2, 0.25) is 0 Å². The summed E-state index contributed by atoms with van der Waals surface area (Å²) in [6, 6.07) is 26.7. The monoisotopic (exact) mass is 369 g/mol. The third-order valence-electron chi connectivity index (χ3n) is 4.65. The third kappa shape index (κ3) is 3.94. The Balaban J connectivity index is 1.70. The van der Waals surface area contributed by atoms with Crippen molar-refractivity contribution < 1.29 is 9.13 Å². The van der Waals surface area contributed by atoms with Gasteiger partial charge in [-0.15, -0.1) is 0 Å². The van der Waals surface area contributed by atoms with E-state index < -0.39 is 0 Å². The van der Waals surface area contributed by atoms with Crippen LogP contribution in [0.3, 0.4) is 0 Å². The molecule has 0 N–H and O–H groups in total. The molecule has 4 rings (SSSR count). The highest BCUT2D eigenvalue weighted by Gasteiger charge is 2.09. The summed E-state index contributed by atoms with van der Waals surface area (Å²) < 4.78 is 19.9. The van der Waals surface area contributed by atoms with Crippen molar-refractivity contribution in [3.05, 3.63) is 107 Å². The van der Waals surface area contributed by atoms with Crippen LogP contribution >= 0.6 is 0 Å². The molecule has 0 heterocycles. The average Bonchev–Trinajstić information content (AvgIpc) is 2.73. The molecule has 0 atom stereocenters. The van der Waals surface area contributed by atoms with Gasteiger partial charge in [0.2, 0.25) is 0 Å². The van der Waals surface area contributed by atoms with Crippen LogP contribution in [0.4, 0.5) is 10.1 Å². The molecular formula is C25H20FNO. The van der Waals surface area contributed by atoms with Gasteiger partial charge in [-0.1, -0.05) is 66.2 Å². The molecule has 3 heteroatoms. The van der Waals surface area contributed by atoms with E-state index in [9.17, 15) is 4.39 Å². The maximum atomic E-state index is 13.9. The van der Waals surface area contributed by atoms with Crippen LogP contribution < -0.4 is 4.74 Å². The second-order valence-electron chi connectivity index (χ2n) is 6.67. The van der Waals surface area contributed by atoms with Crippen molar-refractivity contribution in [1.82, 2.24) is 0 Å². The zero-order valence-corrected chi connectivity index (χ0v) is 15.6. The van der Waals surface area contributed by atoms with Crippen LogP contribution in [0.1, 0.15) is 16.7 Å². The summed E-state index contributed by atoms with van der Waals surface area (Å²) in [5.41, 5.74) is 3.48. The Bertz CT molecular complexity index is 1130. The molecule has 2 nitrogen and oxygen atoms in total. The maximum Gasteiger partial charge on any atom is 0.129 e. The smallest absolute Gasteiger partial charge is 0.129 e. The van der Waals surface area contributed by atoms with Gasteiger partial charge in [-0.2, -0.15) is 0 Å². The summed E-state index contributed by atoms with van der Waals surface area (Å²) in [5, 5.41) is 2.15. The first-order chi connectivity index (χ1) is 13.7. The first kappa shape index (κ1) is 17.9. The molecular weight excluding hydrogens is 349 g/mol. The minimum absolute atomic E-state index is 0.163. The van der Waals surface area contributed by atoms with E-state index in [1.165, 1.54) is 11.6 Å². The van der Waals surface area contributed by atoms with Crippen LogP contribution in [-0.2, 0) is 6.61 Å². The third-order valence-corrected chi connectivity index (χ3v) is 4.65. The predicted octanol–water partition coefficient (Wildman–Crippen LogP) is 6.62. The van der Waals surface area contributed by atoms with Gasteiger partial charge in [0.05, 0.1) is 5.69 Å². The number of ether oxygens (including phenoxy) is 1. The highest BCUT2D eigenvalue weighted by Crippen LogP contribution is 2.28. The fourth-order valence-electron chi connectivity index (χ4n) is 3.08. The van der Waals surface area contributed by atoms with E-state index in [0.29, 0.717) is 11.3 Å². The van der Waals surface area contributed by atoms with E-state index in [0.717, 1.165) is 22.0 Å². The van der Waals surface area contributed by atoms with Gasteiger partial charge in [-0.05, 0) is 42.0 Å². The Hall–Kier alpha value is -3.46. The zero-order valence-electron chi connectivity index (χ0n) is 15.6.